The van der Waals surface area contributed by atoms with Gasteiger partial charge in [-0.3, -0.25) is 0 Å². The van der Waals surface area contributed by atoms with Crippen LogP contribution < -0.4 is 0 Å². The molecule has 0 spiro atoms. The summed E-state index contributed by atoms with van der Waals surface area (Å²) >= 11 is 0. The van der Waals surface area contributed by atoms with Gasteiger partial charge in [-0.1, -0.05) is 0 Å². The Balaban J connectivity index is 2.71. The predicted octanol–water partition coefficient (Wildman–Crippen LogP) is -0.577. The molecular weight excluding hydrogens is 216 g/mol. The van der Waals surface area contributed by atoms with Crippen LogP contribution in [-0.4, -0.2) is 53.5 Å². The van der Waals surface area contributed by atoms with Gasteiger partial charge in [-0.25, -0.2) is 4.79 Å². The Kier molecular flexibility index (Phi) is 3.59. The van der Waals surface area contributed by atoms with E-state index in [1.54, 1.807) is 13.8 Å². The molecule has 0 unspecified atom stereocenters. The van der Waals surface area contributed by atoms with Gasteiger partial charge in [0, 0.05) is 0 Å². The molecule has 6 nitrogen and oxygen atoms in total. The monoisotopic (exact) mass is 234 g/mol. The molecule has 94 valence electrons. The molecule has 3 atom stereocenters. The number of methoxy groups -OCH3 is 1. The third-order valence-electron chi connectivity index (χ3n) is 2.56. The van der Waals surface area contributed by atoms with Crippen molar-refractivity contribution in [3.05, 3.63) is 0 Å². The van der Waals surface area contributed by atoms with Crippen molar-refractivity contribution in [1.29, 1.82) is 0 Å². The van der Waals surface area contributed by atoms with Gasteiger partial charge in [-0.05, 0) is 20.8 Å². The van der Waals surface area contributed by atoms with Crippen LogP contribution >= 0.6 is 0 Å². The van der Waals surface area contributed by atoms with Crippen LogP contribution in [0.5, 0.6) is 0 Å². The lowest BCUT2D eigenvalue weighted by Gasteiger charge is -2.29. The summed E-state index contributed by atoms with van der Waals surface area (Å²) in [5.74, 6) is -1.73. The summed E-state index contributed by atoms with van der Waals surface area (Å²) in [6.07, 6.45) is -2.16. The van der Waals surface area contributed by atoms with E-state index < -0.39 is 29.6 Å². The Morgan fingerprint density at radius 3 is 2.56 bits per heavy atom. The standard InChI is InChI=1S/C10H18O6/c1-9(2)15-5-6(16-9)7(11)10(3,13)8(12)14-4/h6-7,11,13H,5H2,1-4H3/t6-,7-,10+/m1/s1. The first-order valence-electron chi connectivity index (χ1n) is 5.01. The zero-order valence-electron chi connectivity index (χ0n) is 9.89. The summed E-state index contributed by atoms with van der Waals surface area (Å²) in [7, 11) is 1.14. The number of esters is 1. The van der Waals surface area contributed by atoms with E-state index in [4.69, 9.17) is 9.47 Å². The summed E-state index contributed by atoms with van der Waals surface area (Å²) in [6.45, 7) is 4.67. The van der Waals surface area contributed by atoms with Crippen LogP contribution in [0.25, 0.3) is 0 Å². The Morgan fingerprint density at radius 2 is 2.19 bits per heavy atom. The van der Waals surface area contributed by atoms with E-state index in [0.717, 1.165) is 7.11 Å². The molecule has 2 N–H and O–H groups in total. The number of aliphatic hydroxyl groups excluding tert-OH is 1. The fraction of sp³-hybridized carbons (Fsp3) is 0.900. The first-order chi connectivity index (χ1) is 7.20. The number of hydrogen-bond donors (Lipinski definition) is 2. The lowest BCUT2D eigenvalue weighted by Crippen LogP contribution is -2.54. The van der Waals surface area contributed by atoms with Gasteiger partial charge in [0.2, 0.25) is 0 Å². The van der Waals surface area contributed by atoms with Crippen LogP contribution in [-0.2, 0) is 19.0 Å². The van der Waals surface area contributed by atoms with E-state index in [1.165, 1.54) is 6.92 Å². The van der Waals surface area contributed by atoms with Crippen molar-refractivity contribution in [3.63, 3.8) is 0 Å². The van der Waals surface area contributed by atoms with E-state index in [0.29, 0.717) is 0 Å². The number of hydrogen-bond acceptors (Lipinski definition) is 6. The smallest absolute Gasteiger partial charge is 0.340 e. The van der Waals surface area contributed by atoms with Crippen molar-refractivity contribution >= 4 is 5.97 Å². The molecule has 1 saturated heterocycles. The van der Waals surface area contributed by atoms with Crippen molar-refractivity contribution in [2.24, 2.45) is 0 Å². The normalized spacial score (nSPS) is 29.5. The highest BCUT2D eigenvalue weighted by Gasteiger charge is 2.48. The van der Waals surface area contributed by atoms with Crippen molar-refractivity contribution in [2.45, 2.75) is 44.4 Å². The molecule has 6 heteroatoms. The second-order valence-electron chi connectivity index (χ2n) is 4.45. The molecule has 1 heterocycles. The highest BCUT2D eigenvalue weighted by molar-refractivity contribution is 5.79. The minimum Gasteiger partial charge on any atom is -0.467 e. The Morgan fingerprint density at radius 1 is 1.62 bits per heavy atom. The molecule has 0 aromatic heterocycles. The highest BCUT2D eigenvalue weighted by atomic mass is 16.7. The maximum Gasteiger partial charge on any atom is 0.340 e. The average molecular weight is 234 g/mol. The van der Waals surface area contributed by atoms with Gasteiger partial charge in [-0.15, -0.1) is 0 Å². The molecule has 0 aromatic carbocycles. The molecule has 0 aromatic rings. The molecular formula is C10H18O6. The van der Waals surface area contributed by atoms with Gasteiger partial charge in [0.25, 0.3) is 0 Å². The van der Waals surface area contributed by atoms with E-state index in [9.17, 15) is 15.0 Å². The topological polar surface area (TPSA) is 85.2 Å². The van der Waals surface area contributed by atoms with Crippen LogP contribution in [0, 0.1) is 0 Å². The summed E-state index contributed by atoms with van der Waals surface area (Å²) in [5, 5.41) is 19.7. The number of ether oxygens (including phenoxy) is 3. The molecule has 1 rings (SSSR count). The SMILES string of the molecule is COC(=O)[C@@](C)(O)[C@H](O)[C@H]1COC(C)(C)O1. The van der Waals surface area contributed by atoms with Crippen molar-refractivity contribution < 1.29 is 29.2 Å². The summed E-state index contributed by atoms with van der Waals surface area (Å²) in [6, 6.07) is 0. The lowest BCUT2D eigenvalue weighted by atomic mass is 9.95. The molecule has 1 aliphatic rings. The van der Waals surface area contributed by atoms with Gasteiger partial charge in [0.05, 0.1) is 13.7 Å². The molecule has 0 bridgehead atoms. The number of carbonyl (C=O) groups excluding carboxylic acids is 1. The third kappa shape index (κ3) is 2.52. The minimum atomic E-state index is -2.01. The molecule has 0 aliphatic carbocycles. The Hall–Kier alpha value is -0.690. The van der Waals surface area contributed by atoms with Gasteiger partial charge in [-0.2, -0.15) is 0 Å². The molecule has 1 aliphatic heterocycles. The van der Waals surface area contributed by atoms with Gasteiger partial charge in [0.1, 0.15) is 12.2 Å². The first kappa shape index (κ1) is 13.4. The van der Waals surface area contributed by atoms with Crippen LogP contribution in [0.15, 0.2) is 0 Å². The van der Waals surface area contributed by atoms with Crippen LogP contribution in [0.4, 0.5) is 0 Å². The average Bonchev–Trinajstić information content (AvgIpc) is 2.56. The minimum absolute atomic E-state index is 0.112. The number of aliphatic hydroxyl groups is 2. The van der Waals surface area contributed by atoms with Crippen molar-refractivity contribution in [1.82, 2.24) is 0 Å². The maximum absolute atomic E-state index is 11.3. The van der Waals surface area contributed by atoms with E-state index in [-0.39, 0.29) is 6.61 Å². The summed E-state index contributed by atoms with van der Waals surface area (Å²) in [4.78, 5) is 11.3. The predicted molar refractivity (Wildman–Crippen MR) is 53.6 cm³/mol. The van der Waals surface area contributed by atoms with Gasteiger partial charge in [0.15, 0.2) is 11.4 Å². The summed E-state index contributed by atoms with van der Waals surface area (Å²) in [5.41, 5.74) is -2.01. The van der Waals surface area contributed by atoms with E-state index in [2.05, 4.69) is 4.74 Å². The fourth-order valence-corrected chi connectivity index (χ4v) is 1.56. The van der Waals surface area contributed by atoms with Crippen LogP contribution in [0.2, 0.25) is 0 Å². The number of rotatable bonds is 3. The van der Waals surface area contributed by atoms with E-state index >= 15 is 0 Å². The largest absolute Gasteiger partial charge is 0.467 e. The highest BCUT2D eigenvalue weighted by Crippen LogP contribution is 2.28. The zero-order chi connectivity index (χ0) is 12.6. The first-order valence-corrected chi connectivity index (χ1v) is 5.01. The van der Waals surface area contributed by atoms with Crippen molar-refractivity contribution in [3.8, 4) is 0 Å². The molecule has 16 heavy (non-hydrogen) atoms. The van der Waals surface area contributed by atoms with Gasteiger partial charge < -0.3 is 24.4 Å². The lowest BCUT2D eigenvalue weighted by molar-refractivity contribution is -0.193. The van der Waals surface area contributed by atoms with Crippen LogP contribution in [0.1, 0.15) is 20.8 Å². The Bertz CT molecular complexity index is 272. The van der Waals surface area contributed by atoms with Crippen LogP contribution in [0.3, 0.4) is 0 Å². The third-order valence-corrected chi connectivity index (χ3v) is 2.56. The molecule has 0 saturated carbocycles. The zero-order valence-corrected chi connectivity index (χ0v) is 9.89. The second-order valence-corrected chi connectivity index (χ2v) is 4.45. The van der Waals surface area contributed by atoms with Gasteiger partial charge >= 0.3 is 5.97 Å². The van der Waals surface area contributed by atoms with Crippen molar-refractivity contribution in [2.75, 3.05) is 13.7 Å². The second kappa shape index (κ2) is 4.29. The Labute approximate surface area is 94.1 Å². The molecule has 0 amide bonds. The van der Waals surface area contributed by atoms with E-state index in [1.807, 2.05) is 0 Å². The maximum atomic E-state index is 11.3. The molecule has 0 radical (unpaired) electrons. The fourth-order valence-electron chi connectivity index (χ4n) is 1.56. The molecule has 1 fully saturated rings. The quantitative estimate of drug-likeness (QED) is 0.636. The number of carbonyl (C=O) groups is 1. The summed E-state index contributed by atoms with van der Waals surface area (Å²) < 4.78 is 15.0.